The van der Waals surface area contributed by atoms with Crippen molar-refractivity contribution in [3.63, 3.8) is 0 Å². The minimum atomic E-state index is 0.582. The number of hydrogen-bond acceptors (Lipinski definition) is 5. The predicted octanol–water partition coefficient (Wildman–Crippen LogP) is 13.7. The molecule has 11 aromatic rings. The van der Waals surface area contributed by atoms with Gasteiger partial charge in [-0.3, -0.25) is 0 Å². The van der Waals surface area contributed by atoms with Crippen LogP contribution in [0.3, 0.4) is 0 Å². The smallest absolute Gasteiger partial charge is 0.164 e. The molecule has 5 nitrogen and oxygen atoms in total. The predicted molar refractivity (Wildman–Crippen MR) is 227 cm³/mol. The number of furan rings is 2. The van der Waals surface area contributed by atoms with Crippen molar-refractivity contribution in [1.82, 2.24) is 15.0 Å². The van der Waals surface area contributed by atoms with Crippen molar-refractivity contribution >= 4 is 43.9 Å². The molecule has 56 heavy (non-hydrogen) atoms. The van der Waals surface area contributed by atoms with Gasteiger partial charge in [-0.15, -0.1) is 0 Å². The summed E-state index contributed by atoms with van der Waals surface area (Å²) < 4.78 is 13.2. The molecule has 0 fully saturated rings. The molecule has 0 unspecified atom stereocenters. The van der Waals surface area contributed by atoms with E-state index in [0.29, 0.717) is 17.5 Å². The molecule has 3 heterocycles. The molecule has 0 amide bonds. The second kappa shape index (κ2) is 13.0. The lowest BCUT2D eigenvalue weighted by Crippen LogP contribution is -2.00. The second-order valence-electron chi connectivity index (χ2n) is 13.9. The maximum absolute atomic E-state index is 6.62. The first kappa shape index (κ1) is 31.9. The SMILES string of the molecule is c1ccc(-c2ccc(-c3nc(-c4ccccc4)nc(-c4cccc5oc6cc(-c7ccc(-c8ccccc8)c8c7oc7ccccc78)ccc6c45)n3)cc2)cc1. The number of rotatable bonds is 6. The van der Waals surface area contributed by atoms with E-state index in [1.54, 1.807) is 0 Å². The molecular weight excluding hydrogens is 687 g/mol. The Kier molecular flexibility index (Phi) is 7.42. The van der Waals surface area contributed by atoms with E-state index in [1.165, 1.54) is 0 Å². The summed E-state index contributed by atoms with van der Waals surface area (Å²) in [6.07, 6.45) is 0. The van der Waals surface area contributed by atoms with Crippen LogP contribution in [-0.2, 0) is 0 Å². The summed E-state index contributed by atoms with van der Waals surface area (Å²) in [6.45, 7) is 0. The van der Waals surface area contributed by atoms with Gasteiger partial charge in [-0.1, -0.05) is 158 Å². The number of fused-ring (bicyclic) bond motifs is 6. The second-order valence-corrected chi connectivity index (χ2v) is 13.9. The van der Waals surface area contributed by atoms with Crippen molar-refractivity contribution in [2.75, 3.05) is 0 Å². The van der Waals surface area contributed by atoms with Crippen molar-refractivity contribution in [3.05, 3.63) is 188 Å². The van der Waals surface area contributed by atoms with E-state index in [0.717, 1.165) is 93.9 Å². The minimum absolute atomic E-state index is 0.582. The fraction of sp³-hybridized carbons (Fsp3) is 0. The summed E-state index contributed by atoms with van der Waals surface area (Å²) in [5.41, 5.74) is 12.6. The van der Waals surface area contributed by atoms with Gasteiger partial charge < -0.3 is 8.83 Å². The Morgan fingerprint density at radius 3 is 1.57 bits per heavy atom. The quantitative estimate of drug-likeness (QED) is 0.171. The summed E-state index contributed by atoms with van der Waals surface area (Å²) >= 11 is 0. The topological polar surface area (TPSA) is 65.0 Å². The number of nitrogens with zero attached hydrogens (tertiary/aromatic N) is 3. The van der Waals surface area contributed by atoms with Gasteiger partial charge in [-0.05, 0) is 58.1 Å². The van der Waals surface area contributed by atoms with E-state index in [1.807, 2.05) is 66.7 Å². The van der Waals surface area contributed by atoms with Gasteiger partial charge in [0.15, 0.2) is 17.5 Å². The third-order valence-electron chi connectivity index (χ3n) is 10.6. The molecule has 0 aliphatic rings. The molecule has 8 aromatic carbocycles. The van der Waals surface area contributed by atoms with Gasteiger partial charge in [-0.25, -0.2) is 15.0 Å². The van der Waals surface area contributed by atoms with Gasteiger partial charge in [0.1, 0.15) is 22.3 Å². The Morgan fingerprint density at radius 2 is 0.821 bits per heavy atom. The molecule has 0 aliphatic heterocycles. The molecule has 0 radical (unpaired) electrons. The van der Waals surface area contributed by atoms with Crippen LogP contribution in [-0.4, -0.2) is 15.0 Å². The lowest BCUT2D eigenvalue weighted by atomic mass is 9.94. The van der Waals surface area contributed by atoms with Crippen molar-refractivity contribution in [2.45, 2.75) is 0 Å². The molecular formula is C51H31N3O2. The molecule has 0 N–H and O–H groups in total. The molecule has 11 rings (SSSR count). The van der Waals surface area contributed by atoms with Crippen molar-refractivity contribution in [2.24, 2.45) is 0 Å². The van der Waals surface area contributed by atoms with Crippen LogP contribution in [0.5, 0.6) is 0 Å². The fourth-order valence-corrected chi connectivity index (χ4v) is 7.88. The highest BCUT2D eigenvalue weighted by Gasteiger charge is 2.21. The first-order valence-corrected chi connectivity index (χ1v) is 18.7. The highest BCUT2D eigenvalue weighted by molar-refractivity contribution is 6.17. The van der Waals surface area contributed by atoms with Gasteiger partial charge in [0.25, 0.3) is 0 Å². The van der Waals surface area contributed by atoms with Crippen LogP contribution in [0.25, 0.3) is 111 Å². The van der Waals surface area contributed by atoms with E-state index in [4.69, 9.17) is 23.8 Å². The lowest BCUT2D eigenvalue weighted by Gasteiger charge is -2.10. The van der Waals surface area contributed by atoms with E-state index >= 15 is 0 Å². The van der Waals surface area contributed by atoms with Crippen molar-refractivity contribution in [3.8, 4) is 67.5 Å². The maximum Gasteiger partial charge on any atom is 0.164 e. The molecule has 0 spiro atoms. The zero-order chi connectivity index (χ0) is 37.0. The third-order valence-corrected chi connectivity index (χ3v) is 10.6. The normalized spacial score (nSPS) is 11.6. The summed E-state index contributed by atoms with van der Waals surface area (Å²) in [6, 6.07) is 64.4. The monoisotopic (exact) mass is 717 g/mol. The first-order chi connectivity index (χ1) is 27.7. The van der Waals surface area contributed by atoms with Gasteiger partial charge >= 0.3 is 0 Å². The molecule has 0 atom stereocenters. The molecule has 0 aliphatic carbocycles. The zero-order valence-corrected chi connectivity index (χ0v) is 30.1. The number of hydrogen-bond donors (Lipinski definition) is 0. The average molecular weight is 718 g/mol. The molecule has 0 saturated heterocycles. The van der Waals surface area contributed by atoms with E-state index in [2.05, 4.69) is 121 Å². The van der Waals surface area contributed by atoms with Crippen LogP contribution >= 0.6 is 0 Å². The highest BCUT2D eigenvalue weighted by Crippen LogP contribution is 2.44. The molecule has 262 valence electrons. The summed E-state index contributed by atoms with van der Waals surface area (Å²) in [5.74, 6) is 1.80. The lowest BCUT2D eigenvalue weighted by molar-refractivity contribution is 0.668. The van der Waals surface area contributed by atoms with Crippen LogP contribution in [0, 0.1) is 0 Å². The van der Waals surface area contributed by atoms with Crippen LogP contribution in [0.15, 0.2) is 197 Å². The summed E-state index contributed by atoms with van der Waals surface area (Å²) in [5, 5.41) is 4.14. The highest BCUT2D eigenvalue weighted by atomic mass is 16.3. The number of benzene rings is 8. The standard InChI is InChI=1S/C51H31N3O2/c1-4-13-32(14-5-1)33-23-25-36(26-24-33)50-52-49(35-17-8-3-9-18-35)53-51(54-50)42-20-12-22-44-46(42)41-28-27-37(31-45(41)55-44)39-30-29-38(34-15-6-2-7-16-34)47-40-19-10-11-21-43(40)56-48(39)47/h1-31H. The van der Waals surface area contributed by atoms with E-state index in [-0.39, 0.29) is 0 Å². The fourth-order valence-electron chi connectivity index (χ4n) is 7.88. The minimum Gasteiger partial charge on any atom is -0.456 e. The van der Waals surface area contributed by atoms with E-state index < -0.39 is 0 Å². The average Bonchev–Trinajstić information content (AvgIpc) is 3.86. The van der Waals surface area contributed by atoms with Gasteiger partial charge in [0.2, 0.25) is 0 Å². The Labute approximate surface area is 322 Å². The summed E-state index contributed by atoms with van der Waals surface area (Å²) in [4.78, 5) is 15.2. The Hall–Kier alpha value is -7.63. The van der Waals surface area contributed by atoms with Crippen LogP contribution in [0.1, 0.15) is 0 Å². The Balaban J connectivity index is 1.06. The van der Waals surface area contributed by atoms with Crippen molar-refractivity contribution < 1.29 is 8.83 Å². The zero-order valence-electron chi connectivity index (χ0n) is 30.1. The first-order valence-electron chi connectivity index (χ1n) is 18.7. The van der Waals surface area contributed by atoms with E-state index in [9.17, 15) is 0 Å². The van der Waals surface area contributed by atoms with Gasteiger partial charge in [-0.2, -0.15) is 0 Å². The number of para-hydroxylation sites is 1. The molecule has 3 aromatic heterocycles. The number of aromatic nitrogens is 3. The van der Waals surface area contributed by atoms with Gasteiger partial charge in [0.05, 0.1) is 0 Å². The Bertz CT molecular complexity index is 3220. The maximum atomic E-state index is 6.62. The van der Waals surface area contributed by atoms with Crippen LogP contribution in [0.4, 0.5) is 0 Å². The third kappa shape index (κ3) is 5.37. The molecule has 5 heteroatoms. The van der Waals surface area contributed by atoms with Crippen LogP contribution in [0.2, 0.25) is 0 Å². The van der Waals surface area contributed by atoms with Gasteiger partial charge in [0, 0.05) is 43.8 Å². The van der Waals surface area contributed by atoms with Crippen LogP contribution < -0.4 is 0 Å². The molecule has 0 bridgehead atoms. The molecule has 0 saturated carbocycles. The largest absolute Gasteiger partial charge is 0.456 e. The van der Waals surface area contributed by atoms with Crippen molar-refractivity contribution in [1.29, 1.82) is 0 Å². The Morgan fingerprint density at radius 1 is 0.286 bits per heavy atom. The summed E-state index contributed by atoms with van der Waals surface area (Å²) in [7, 11) is 0.